The summed E-state index contributed by atoms with van der Waals surface area (Å²) >= 11 is 0. The number of nitrogens with zero attached hydrogens (tertiary/aromatic N) is 2. The van der Waals surface area contributed by atoms with Crippen molar-refractivity contribution in [3.63, 3.8) is 0 Å². The molecule has 0 aliphatic carbocycles. The van der Waals surface area contributed by atoms with E-state index in [2.05, 4.69) is 9.72 Å². The Morgan fingerprint density at radius 3 is 2.89 bits per heavy atom. The maximum Gasteiger partial charge on any atom is 0.351 e. The smallest absolute Gasteiger partial charge is 0.351 e. The highest BCUT2D eigenvalue weighted by molar-refractivity contribution is 5.72. The van der Waals surface area contributed by atoms with Gasteiger partial charge >= 0.3 is 11.7 Å². The minimum absolute atomic E-state index is 0.0360. The van der Waals surface area contributed by atoms with E-state index in [9.17, 15) is 14.4 Å². The van der Waals surface area contributed by atoms with Gasteiger partial charge in [0.05, 0.1) is 7.11 Å². The molecule has 7 nitrogen and oxygen atoms in total. The summed E-state index contributed by atoms with van der Waals surface area (Å²) in [6, 6.07) is 1.29. The van der Waals surface area contributed by atoms with Gasteiger partial charge in [0, 0.05) is 12.3 Å². The first-order chi connectivity index (χ1) is 8.51. The summed E-state index contributed by atoms with van der Waals surface area (Å²) < 4.78 is 10.6. The largest absolute Gasteiger partial charge is 0.468 e. The summed E-state index contributed by atoms with van der Waals surface area (Å²) in [5.41, 5.74) is -1.03. The third kappa shape index (κ3) is 2.15. The number of hydrogen-bond acceptors (Lipinski definition) is 6. The Morgan fingerprint density at radius 2 is 2.22 bits per heavy atom. The van der Waals surface area contributed by atoms with E-state index in [-0.39, 0.29) is 23.1 Å². The lowest BCUT2D eigenvalue weighted by Gasteiger charge is -2.04. The summed E-state index contributed by atoms with van der Waals surface area (Å²) in [5.74, 6) is -0.236. The minimum atomic E-state index is -0.679. The molecule has 0 aromatic carbocycles. The predicted molar refractivity (Wildman–Crippen MR) is 61.3 cm³/mol. The quantitative estimate of drug-likeness (QED) is 0.687. The van der Waals surface area contributed by atoms with Crippen molar-refractivity contribution < 1.29 is 13.9 Å². The minimum Gasteiger partial charge on any atom is -0.468 e. The lowest BCUT2D eigenvalue weighted by atomic mass is 10.3. The number of esters is 1. The number of methoxy groups -OCH3 is 1. The maximum absolute atomic E-state index is 11.7. The molecule has 0 saturated carbocycles. The second-order valence-corrected chi connectivity index (χ2v) is 3.67. The van der Waals surface area contributed by atoms with Gasteiger partial charge in [0.1, 0.15) is 17.7 Å². The zero-order chi connectivity index (χ0) is 13.3. The van der Waals surface area contributed by atoms with Crippen LogP contribution in [0.2, 0.25) is 0 Å². The van der Waals surface area contributed by atoms with E-state index in [1.54, 1.807) is 6.92 Å². The molecular formula is C11H10N2O5. The highest BCUT2D eigenvalue weighted by atomic mass is 16.5. The predicted octanol–water partition coefficient (Wildman–Crippen LogP) is -0.169. The number of ether oxygens (including phenoxy) is 1. The summed E-state index contributed by atoms with van der Waals surface area (Å²) in [5, 5.41) is 0.143. The second kappa shape index (κ2) is 4.44. The molecule has 94 valence electrons. The van der Waals surface area contributed by atoms with Crippen LogP contribution in [-0.4, -0.2) is 22.6 Å². The van der Waals surface area contributed by atoms with Crippen LogP contribution in [-0.2, 0) is 16.1 Å². The molecular weight excluding hydrogens is 240 g/mol. The topological polar surface area (TPSA) is 91.4 Å². The zero-order valence-corrected chi connectivity index (χ0v) is 9.80. The normalized spacial score (nSPS) is 10.6. The van der Waals surface area contributed by atoms with Crippen molar-refractivity contribution in [2.45, 2.75) is 13.5 Å². The number of carbonyl (C=O) groups excluding carboxylic acids is 1. The lowest BCUT2D eigenvalue weighted by Crippen LogP contribution is -2.27. The fraction of sp³-hybridized carbons (Fsp3) is 0.273. The number of rotatable bonds is 2. The number of carbonyl (C=O) groups is 1. The maximum atomic E-state index is 11.7. The Kier molecular flexibility index (Phi) is 2.97. The van der Waals surface area contributed by atoms with Crippen LogP contribution < -0.4 is 11.1 Å². The molecule has 0 amide bonds. The van der Waals surface area contributed by atoms with Crippen molar-refractivity contribution in [3.05, 3.63) is 38.7 Å². The number of fused-ring (bicyclic) bond motifs is 1. The van der Waals surface area contributed by atoms with E-state index >= 15 is 0 Å². The molecule has 7 heteroatoms. The van der Waals surface area contributed by atoms with Gasteiger partial charge in [-0.15, -0.1) is 0 Å². The summed E-state index contributed by atoms with van der Waals surface area (Å²) in [7, 11) is 1.21. The average Bonchev–Trinajstić information content (AvgIpc) is 2.30. The van der Waals surface area contributed by atoms with E-state index in [0.717, 1.165) is 4.57 Å². The molecule has 2 aromatic rings. The first-order valence-electron chi connectivity index (χ1n) is 5.10. The molecule has 18 heavy (non-hydrogen) atoms. The van der Waals surface area contributed by atoms with Crippen molar-refractivity contribution in [2.75, 3.05) is 7.11 Å². The van der Waals surface area contributed by atoms with Crippen molar-refractivity contribution in [3.8, 4) is 0 Å². The average molecular weight is 250 g/mol. The Balaban J connectivity index is 2.65. The van der Waals surface area contributed by atoms with Gasteiger partial charge < -0.3 is 9.15 Å². The lowest BCUT2D eigenvalue weighted by molar-refractivity contribution is -0.141. The Labute approximate surface area is 101 Å². The van der Waals surface area contributed by atoms with Crippen LogP contribution in [0.5, 0.6) is 0 Å². The third-order valence-electron chi connectivity index (χ3n) is 2.34. The molecule has 0 atom stereocenters. The summed E-state index contributed by atoms with van der Waals surface area (Å²) in [6.45, 7) is 1.29. The standard InChI is InChI=1S/C11H10N2O5/c1-6-3-8(14)7-4-13(5-9(15)17-2)11(16)12-10(7)18-6/h3-4H,5H2,1-2H3. The van der Waals surface area contributed by atoms with E-state index in [0.29, 0.717) is 5.76 Å². The molecule has 0 bridgehead atoms. The van der Waals surface area contributed by atoms with Crippen molar-refractivity contribution in [2.24, 2.45) is 0 Å². The molecule has 0 N–H and O–H groups in total. The van der Waals surface area contributed by atoms with Gasteiger partial charge in [-0.25, -0.2) is 4.79 Å². The molecule has 0 radical (unpaired) electrons. The van der Waals surface area contributed by atoms with Crippen LogP contribution >= 0.6 is 0 Å². The second-order valence-electron chi connectivity index (χ2n) is 3.67. The van der Waals surface area contributed by atoms with E-state index in [1.165, 1.54) is 19.4 Å². The van der Waals surface area contributed by atoms with Gasteiger partial charge in [-0.05, 0) is 6.92 Å². The summed E-state index contributed by atoms with van der Waals surface area (Å²) in [6.07, 6.45) is 1.24. The summed E-state index contributed by atoms with van der Waals surface area (Å²) in [4.78, 5) is 38.0. The highest BCUT2D eigenvalue weighted by Gasteiger charge is 2.10. The van der Waals surface area contributed by atoms with Crippen LogP contribution in [0.25, 0.3) is 11.1 Å². The van der Waals surface area contributed by atoms with Crippen molar-refractivity contribution >= 4 is 17.1 Å². The first-order valence-corrected chi connectivity index (χ1v) is 5.10. The van der Waals surface area contributed by atoms with Crippen molar-refractivity contribution in [1.29, 1.82) is 0 Å². The van der Waals surface area contributed by atoms with Gasteiger partial charge in [-0.2, -0.15) is 4.98 Å². The number of aromatic nitrogens is 2. The number of aryl methyl sites for hydroxylation is 1. The van der Waals surface area contributed by atoms with E-state index in [1.807, 2.05) is 0 Å². The molecule has 2 rings (SSSR count). The van der Waals surface area contributed by atoms with Gasteiger partial charge in [0.15, 0.2) is 5.43 Å². The molecule has 0 unspecified atom stereocenters. The monoisotopic (exact) mass is 250 g/mol. The fourth-order valence-electron chi connectivity index (χ4n) is 1.49. The molecule has 0 saturated heterocycles. The molecule has 2 heterocycles. The molecule has 0 spiro atoms. The Morgan fingerprint density at radius 1 is 1.50 bits per heavy atom. The van der Waals surface area contributed by atoms with Crippen LogP contribution in [0.4, 0.5) is 0 Å². The van der Waals surface area contributed by atoms with E-state index in [4.69, 9.17) is 4.42 Å². The molecule has 0 fully saturated rings. The fourth-order valence-corrected chi connectivity index (χ4v) is 1.49. The number of hydrogen-bond donors (Lipinski definition) is 0. The first kappa shape index (κ1) is 12.0. The van der Waals surface area contributed by atoms with Crippen LogP contribution in [0.15, 0.2) is 26.3 Å². The van der Waals surface area contributed by atoms with Gasteiger partial charge in [-0.3, -0.25) is 14.2 Å². The van der Waals surface area contributed by atoms with Gasteiger partial charge in [-0.1, -0.05) is 0 Å². The van der Waals surface area contributed by atoms with Crippen LogP contribution in [0.3, 0.4) is 0 Å². The molecule has 0 aliphatic rings. The van der Waals surface area contributed by atoms with Crippen molar-refractivity contribution in [1.82, 2.24) is 9.55 Å². The van der Waals surface area contributed by atoms with E-state index < -0.39 is 11.7 Å². The van der Waals surface area contributed by atoms with Gasteiger partial charge in [0.25, 0.3) is 0 Å². The molecule has 0 aliphatic heterocycles. The highest BCUT2D eigenvalue weighted by Crippen LogP contribution is 2.06. The van der Waals surface area contributed by atoms with Crippen LogP contribution in [0.1, 0.15) is 5.76 Å². The zero-order valence-electron chi connectivity index (χ0n) is 9.80. The third-order valence-corrected chi connectivity index (χ3v) is 2.34. The molecule has 2 aromatic heterocycles. The SMILES string of the molecule is COC(=O)Cn1cc2c(=O)cc(C)oc2nc1=O. The van der Waals surface area contributed by atoms with Gasteiger partial charge in [0.2, 0.25) is 5.71 Å². The Bertz CT molecular complexity index is 728. The Hall–Kier alpha value is -2.44. The van der Waals surface area contributed by atoms with Crippen LogP contribution in [0, 0.1) is 6.92 Å².